The van der Waals surface area contributed by atoms with Gasteiger partial charge in [0.25, 0.3) is 5.91 Å². The first kappa shape index (κ1) is 14.9. The van der Waals surface area contributed by atoms with E-state index in [1.54, 1.807) is 0 Å². The third-order valence-electron chi connectivity index (χ3n) is 3.93. The number of benzene rings is 1. The highest BCUT2D eigenvalue weighted by atomic mass is 16.5. The van der Waals surface area contributed by atoms with Gasteiger partial charge in [-0.05, 0) is 50.5 Å². The normalized spacial score (nSPS) is 16.5. The topological polar surface area (TPSA) is 38.3 Å². The summed E-state index contributed by atoms with van der Waals surface area (Å²) in [6.07, 6.45) is 7.28. The van der Waals surface area contributed by atoms with Gasteiger partial charge in [0.05, 0.1) is 6.61 Å². The molecular weight excluding hydrogens is 250 g/mol. The Kier molecular flexibility index (Phi) is 5.45. The quantitative estimate of drug-likeness (QED) is 0.848. The molecule has 1 aromatic rings. The first-order valence-electron chi connectivity index (χ1n) is 7.75. The van der Waals surface area contributed by atoms with Crippen LogP contribution in [0.2, 0.25) is 0 Å². The number of carbonyl (C=O) groups is 1. The number of aryl methyl sites for hydroxylation is 1. The van der Waals surface area contributed by atoms with Gasteiger partial charge in [0, 0.05) is 11.6 Å². The molecular formula is C17H25NO2. The van der Waals surface area contributed by atoms with Crippen LogP contribution in [0.25, 0.3) is 0 Å². The first-order chi connectivity index (χ1) is 9.70. The Hall–Kier alpha value is -1.51. The Balaban J connectivity index is 1.99. The molecule has 0 atom stereocenters. The molecule has 0 saturated heterocycles. The average molecular weight is 275 g/mol. The van der Waals surface area contributed by atoms with Crippen molar-refractivity contribution in [2.45, 2.75) is 58.4 Å². The van der Waals surface area contributed by atoms with E-state index in [4.69, 9.17) is 4.74 Å². The van der Waals surface area contributed by atoms with Gasteiger partial charge in [0.1, 0.15) is 5.75 Å². The summed E-state index contributed by atoms with van der Waals surface area (Å²) in [6, 6.07) is 6.00. The fourth-order valence-corrected chi connectivity index (χ4v) is 2.80. The van der Waals surface area contributed by atoms with Gasteiger partial charge in [-0.25, -0.2) is 0 Å². The molecule has 20 heavy (non-hydrogen) atoms. The van der Waals surface area contributed by atoms with Gasteiger partial charge in [-0.2, -0.15) is 0 Å². The minimum atomic E-state index is 0.0445. The second-order valence-electron chi connectivity index (χ2n) is 5.58. The molecule has 0 radical (unpaired) electrons. The summed E-state index contributed by atoms with van der Waals surface area (Å²) < 4.78 is 5.51. The van der Waals surface area contributed by atoms with Crippen molar-refractivity contribution in [2.24, 2.45) is 0 Å². The lowest BCUT2D eigenvalue weighted by molar-refractivity contribution is 0.0933. The van der Waals surface area contributed by atoms with Crippen molar-refractivity contribution in [3.8, 4) is 5.75 Å². The summed E-state index contributed by atoms with van der Waals surface area (Å²) in [5.74, 6) is 0.904. The summed E-state index contributed by atoms with van der Waals surface area (Å²) in [5, 5.41) is 3.17. The maximum atomic E-state index is 12.3. The zero-order valence-corrected chi connectivity index (χ0v) is 12.6. The van der Waals surface area contributed by atoms with Crippen LogP contribution in [-0.4, -0.2) is 18.6 Å². The predicted octanol–water partition coefficient (Wildman–Crippen LogP) is 3.85. The van der Waals surface area contributed by atoms with E-state index in [0.29, 0.717) is 12.6 Å². The van der Waals surface area contributed by atoms with E-state index in [1.807, 2.05) is 32.0 Å². The molecule has 1 amide bonds. The van der Waals surface area contributed by atoms with E-state index in [0.717, 1.165) is 29.7 Å². The van der Waals surface area contributed by atoms with E-state index in [1.165, 1.54) is 25.7 Å². The molecule has 0 spiro atoms. The third kappa shape index (κ3) is 3.99. The number of carbonyl (C=O) groups excluding carboxylic acids is 1. The van der Waals surface area contributed by atoms with Gasteiger partial charge in [-0.15, -0.1) is 0 Å². The first-order valence-corrected chi connectivity index (χ1v) is 7.75. The maximum absolute atomic E-state index is 12.3. The highest BCUT2D eigenvalue weighted by molar-refractivity contribution is 5.94. The van der Waals surface area contributed by atoms with Crippen LogP contribution in [0.4, 0.5) is 0 Å². The molecule has 0 bridgehead atoms. The van der Waals surface area contributed by atoms with E-state index >= 15 is 0 Å². The van der Waals surface area contributed by atoms with Crippen LogP contribution in [-0.2, 0) is 0 Å². The van der Waals surface area contributed by atoms with E-state index in [9.17, 15) is 4.79 Å². The fraction of sp³-hybridized carbons (Fsp3) is 0.588. The maximum Gasteiger partial charge on any atom is 0.251 e. The van der Waals surface area contributed by atoms with E-state index in [-0.39, 0.29) is 5.91 Å². The summed E-state index contributed by atoms with van der Waals surface area (Å²) in [6.45, 7) is 4.59. The lowest BCUT2D eigenvalue weighted by Crippen LogP contribution is -2.34. The molecule has 3 heteroatoms. The van der Waals surface area contributed by atoms with Crippen molar-refractivity contribution >= 4 is 5.91 Å². The van der Waals surface area contributed by atoms with Crippen molar-refractivity contribution in [3.05, 3.63) is 29.3 Å². The molecule has 3 nitrogen and oxygen atoms in total. The van der Waals surface area contributed by atoms with Crippen molar-refractivity contribution < 1.29 is 9.53 Å². The van der Waals surface area contributed by atoms with Crippen LogP contribution >= 0.6 is 0 Å². The standard InChI is InChI=1S/C17H25NO2/c1-3-20-16-11-10-14(12-13(16)2)17(19)18-15-8-6-4-5-7-9-15/h10-12,15H,3-9H2,1-2H3,(H,18,19). The van der Waals surface area contributed by atoms with Crippen LogP contribution in [0.3, 0.4) is 0 Å². The molecule has 110 valence electrons. The largest absolute Gasteiger partial charge is 0.494 e. The molecule has 0 aromatic heterocycles. The van der Waals surface area contributed by atoms with Gasteiger partial charge in [0.2, 0.25) is 0 Å². The van der Waals surface area contributed by atoms with Crippen LogP contribution in [0.5, 0.6) is 5.75 Å². The molecule has 1 aliphatic rings. The average Bonchev–Trinajstić information content (AvgIpc) is 2.70. The van der Waals surface area contributed by atoms with E-state index < -0.39 is 0 Å². The second-order valence-corrected chi connectivity index (χ2v) is 5.58. The Morgan fingerprint density at radius 3 is 2.55 bits per heavy atom. The van der Waals surface area contributed by atoms with Crippen molar-refractivity contribution in [1.29, 1.82) is 0 Å². The molecule has 0 heterocycles. The van der Waals surface area contributed by atoms with Crippen LogP contribution < -0.4 is 10.1 Å². The number of amides is 1. The number of hydrogen-bond donors (Lipinski definition) is 1. The van der Waals surface area contributed by atoms with Gasteiger partial charge in [0.15, 0.2) is 0 Å². The monoisotopic (exact) mass is 275 g/mol. The van der Waals surface area contributed by atoms with Crippen LogP contribution in [0.15, 0.2) is 18.2 Å². The smallest absolute Gasteiger partial charge is 0.251 e. The zero-order valence-electron chi connectivity index (χ0n) is 12.6. The van der Waals surface area contributed by atoms with Crippen LogP contribution in [0, 0.1) is 6.92 Å². The Bertz CT molecular complexity index is 448. The zero-order chi connectivity index (χ0) is 14.4. The second kappa shape index (κ2) is 7.32. The SMILES string of the molecule is CCOc1ccc(C(=O)NC2CCCCCC2)cc1C. The van der Waals surface area contributed by atoms with Crippen molar-refractivity contribution in [2.75, 3.05) is 6.61 Å². The Morgan fingerprint density at radius 2 is 1.95 bits per heavy atom. The molecule has 1 N–H and O–H groups in total. The van der Waals surface area contributed by atoms with Crippen molar-refractivity contribution in [3.63, 3.8) is 0 Å². The number of rotatable bonds is 4. The third-order valence-corrected chi connectivity index (χ3v) is 3.93. The minimum Gasteiger partial charge on any atom is -0.494 e. The molecule has 1 saturated carbocycles. The number of hydrogen-bond acceptors (Lipinski definition) is 2. The number of nitrogens with one attached hydrogen (secondary N) is 1. The lowest BCUT2D eigenvalue weighted by atomic mass is 10.1. The summed E-state index contributed by atoms with van der Waals surface area (Å²) >= 11 is 0. The molecule has 1 aromatic carbocycles. The molecule has 0 unspecified atom stereocenters. The van der Waals surface area contributed by atoms with Crippen LogP contribution in [0.1, 0.15) is 61.4 Å². The van der Waals surface area contributed by atoms with Gasteiger partial charge in [-0.1, -0.05) is 25.7 Å². The predicted molar refractivity (Wildman–Crippen MR) is 81.3 cm³/mol. The van der Waals surface area contributed by atoms with Gasteiger partial charge < -0.3 is 10.1 Å². The molecule has 1 fully saturated rings. The van der Waals surface area contributed by atoms with Gasteiger partial charge in [-0.3, -0.25) is 4.79 Å². The molecule has 0 aliphatic heterocycles. The Morgan fingerprint density at radius 1 is 1.25 bits per heavy atom. The Labute approximate surface area is 121 Å². The molecule has 2 rings (SSSR count). The highest BCUT2D eigenvalue weighted by Gasteiger charge is 2.16. The fourth-order valence-electron chi connectivity index (χ4n) is 2.80. The van der Waals surface area contributed by atoms with Crippen molar-refractivity contribution in [1.82, 2.24) is 5.32 Å². The minimum absolute atomic E-state index is 0.0445. The highest BCUT2D eigenvalue weighted by Crippen LogP contribution is 2.20. The summed E-state index contributed by atoms with van der Waals surface area (Å²) in [4.78, 5) is 12.3. The summed E-state index contributed by atoms with van der Waals surface area (Å²) in [5.41, 5.74) is 1.75. The van der Waals surface area contributed by atoms with E-state index in [2.05, 4.69) is 5.32 Å². The van der Waals surface area contributed by atoms with Gasteiger partial charge >= 0.3 is 0 Å². The number of ether oxygens (including phenoxy) is 1. The molecule has 1 aliphatic carbocycles. The summed E-state index contributed by atoms with van der Waals surface area (Å²) in [7, 11) is 0. The lowest BCUT2D eigenvalue weighted by Gasteiger charge is -2.16.